The maximum Gasteiger partial charge on any atom is 0.162 e. The van der Waals surface area contributed by atoms with Gasteiger partial charge in [-0.15, -0.1) is 11.8 Å². The molecule has 1 N–H and O–H groups in total. The van der Waals surface area contributed by atoms with E-state index in [9.17, 15) is 0 Å². The number of ether oxygens (including phenoxy) is 2. The van der Waals surface area contributed by atoms with Gasteiger partial charge in [0.15, 0.2) is 5.79 Å². The normalized spacial score (nSPS) is 12.0. The minimum absolute atomic E-state index is 0.0138. The Morgan fingerprint density at radius 3 is 2.33 bits per heavy atom. The molecule has 0 atom stereocenters. The predicted molar refractivity (Wildman–Crippen MR) is 58.5 cm³/mol. The van der Waals surface area contributed by atoms with Crippen LogP contribution in [0.5, 0.6) is 0 Å². The lowest BCUT2D eigenvalue weighted by molar-refractivity contribution is -0.298. The van der Waals surface area contributed by atoms with Crippen molar-refractivity contribution in [1.82, 2.24) is 0 Å². The molecule has 0 aliphatic heterocycles. The molecule has 6 heteroatoms. The summed E-state index contributed by atoms with van der Waals surface area (Å²) in [4.78, 5) is 9.60. The molecule has 0 aromatic carbocycles. The van der Waals surface area contributed by atoms with Gasteiger partial charge in [0.25, 0.3) is 0 Å². The van der Waals surface area contributed by atoms with Gasteiger partial charge in [-0.3, -0.25) is 0 Å². The number of rotatable bonds is 10. The topological polar surface area (TPSA) is 57.2 Å². The van der Waals surface area contributed by atoms with E-state index >= 15 is 0 Å². The van der Waals surface area contributed by atoms with Crippen LogP contribution in [0.1, 0.15) is 13.8 Å². The molecule has 15 heavy (non-hydrogen) atoms. The molecule has 0 unspecified atom stereocenters. The fourth-order valence-corrected chi connectivity index (χ4v) is 0.960. The van der Waals surface area contributed by atoms with Crippen molar-refractivity contribution in [2.75, 3.05) is 38.6 Å². The van der Waals surface area contributed by atoms with E-state index in [0.29, 0.717) is 19.2 Å². The first-order valence-corrected chi connectivity index (χ1v) is 6.14. The first kappa shape index (κ1) is 15.2. The smallest absolute Gasteiger partial charge is 0.162 e. The highest BCUT2D eigenvalue weighted by Gasteiger charge is 2.17. The SMILES string of the molecule is CSCOOCCOC(C)(C)OCCO. The van der Waals surface area contributed by atoms with Crippen LogP contribution in [-0.2, 0) is 19.2 Å². The summed E-state index contributed by atoms with van der Waals surface area (Å²) in [6.07, 6.45) is 1.92. The van der Waals surface area contributed by atoms with E-state index in [1.54, 1.807) is 13.8 Å². The molecule has 0 spiro atoms. The fraction of sp³-hybridized carbons (Fsp3) is 1.00. The second kappa shape index (κ2) is 9.38. The Kier molecular flexibility index (Phi) is 9.48. The van der Waals surface area contributed by atoms with Crippen LogP contribution in [0.4, 0.5) is 0 Å². The first-order valence-electron chi connectivity index (χ1n) is 4.74. The first-order chi connectivity index (χ1) is 7.12. The molecule has 0 rings (SSSR count). The van der Waals surface area contributed by atoms with Crippen LogP contribution in [0.25, 0.3) is 0 Å². The third-order valence-corrected chi connectivity index (χ3v) is 1.74. The van der Waals surface area contributed by atoms with Crippen molar-refractivity contribution >= 4 is 11.8 Å². The van der Waals surface area contributed by atoms with E-state index in [4.69, 9.17) is 24.4 Å². The number of aliphatic hydroxyl groups excluding tert-OH is 1. The highest BCUT2D eigenvalue weighted by molar-refractivity contribution is 7.98. The van der Waals surface area contributed by atoms with Gasteiger partial charge < -0.3 is 14.6 Å². The number of aliphatic hydroxyl groups is 1. The molecule has 0 fully saturated rings. The zero-order valence-electron chi connectivity index (χ0n) is 9.52. The summed E-state index contributed by atoms with van der Waals surface area (Å²) in [6, 6.07) is 0. The molecule has 0 aromatic rings. The number of thioether (sulfide) groups is 1. The van der Waals surface area contributed by atoms with Gasteiger partial charge in [0, 0.05) is 0 Å². The van der Waals surface area contributed by atoms with Crippen molar-refractivity contribution in [3.63, 3.8) is 0 Å². The molecular formula is C9H20O5S. The second-order valence-electron chi connectivity index (χ2n) is 3.17. The van der Waals surface area contributed by atoms with E-state index in [2.05, 4.69) is 0 Å². The van der Waals surface area contributed by atoms with Crippen LogP contribution >= 0.6 is 11.8 Å². The molecule has 0 saturated heterocycles. The molecule has 92 valence electrons. The van der Waals surface area contributed by atoms with Gasteiger partial charge in [-0.2, -0.15) is 0 Å². The van der Waals surface area contributed by atoms with E-state index in [0.717, 1.165) is 0 Å². The summed E-state index contributed by atoms with van der Waals surface area (Å²) in [5.74, 6) is -0.198. The lowest BCUT2D eigenvalue weighted by Crippen LogP contribution is -2.31. The Balaban J connectivity index is 3.32. The van der Waals surface area contributed by atoms with Gasteiger partial charge in [-0.1, -0.05) is 0 Å². The summed E-state index contributed by atoms with van der Waals surface area (Å²) >= 11 is 1.54. The van der Waals surface area contributed by atoms with Gasteiger partial charge in [0.2, 0.25) is 0 Å². The molecule has 0 saturated carbocycles. The maximum absolute atomic E-state index is 8.57. The minimum Gasteiger partial charge on any atom is -0.394 e. The lowest BCUT2D eigenvalue weighted by Gasteiger charge is -2.25. The monoisotopic (exact) mass is 240 g/mol. The van der Waals surface area contributed by atoms with Crippen molar-refractivity contribution in [3.8, 4) is 0 Å². The van der Waals surface area contributed by atoms with Crippen LogP contribution < -0.4 is 0 Å². The van der Waals surface area contributed by atoms with E-state index in [1.807, 2.05) is 6.26 Å². The highest BCUT2D eigenvalue weighted by Crippen LogP contribution is 2.10. The fourth-order valence-electron chi connectivity index (χ4n) is 0.796. The van der Waals surface area contributed by atoms with Crippen molar-refractivity contribution in [2.24, 2.45) is 0 Å². The molecule has 5 nitrogen and oxygen atoms in total. The van der Waals surface area contributed by atoms with Crippen molar-refractivity contribution in [1.29, 1.82) is 0 Å². The Morgan fingerprint density at radius 1 is 1.07 bits per heavy atom. The summed E-state index contributed by atoms with van der Waals surface area (Å²) in [5.41, 5.74) is 0. The summed E-state index contributed by atoms with van der Waals surface area (Å²) < 4.78 is 10.6. The zero-order valence-corrected chi connectivity index (χ0v) is 10.3. The van der Waals surface area contributed by atoms with E-state index in [-0.39, 0.29) is 13.2 Å². The lowest BCUT2D eigenvalue weighted by atomic mass is 10.4. The standard InChI is InChI=1S/C9H20O5S/c1-9(2,11-5-4-10)12-6-7-13-14-8-15-3/h10H,4-8H2,1-3H3. The number of hydrogen-bond donors (Lipinski definition) is 1. The zero-order chi connectivity index (χ0) is 11.6. The van der Waals surface area contributed by atoms with Crippen LogP contribution in [0.3, 0.4) is 0 Å². The molecule has 0 aliphatic rings. The molecule has 0 aliphatic carbocycles. The third kappa shape index (κ3) is 10.4. The molecule has 0 bridgehead atoms. The van der Waals surface area contributed by atoms with Crippen LogP contribution in [-0.4, -0.2) is 49.5 Å². The Bertz CT molecular complexity index is 142. The van der Waals surface area contributed by atoms with Crippen molar-refractivity contribution in [2.45, 2.75) is 19.6 Å². The molecular weight excluding hydrogens is 220 g/mol. The van der Waals surface area contributed by atoms with Crippen molar-refractivity contribution < 1.29 is 24.4 Å². The number of hydrogen-bond acceptors (Lipinski definition) is 6. The summed E-state index contributed by atoms with van der Waals surface area (Å²) in [5, 5.41) is 8.57. The average Bonchev–Trinajstić information content (AvgIpc) is 2.20. The highest BCUT2D eigenvalue weighted by atomic mass is 32.2. The van der Waals surface area contributed by atoms with Crippen LogP contribution in [0.2, 0.25) is 0 Å². The van der Waals surface area contributed by atoms with Gasteiger partial charge in [-0.05, 0) is 20.1 Å². The molecule has 0 aromatic heterocycles. The van der Waals surface area contributed by atoms with E-state index in [1.165, 1.54) is 11.8 Å². The van der Waals surface area contributed by atoms with Gasteiger partial charge in [0.1, 0.15) is 12.5 Å². The van der Waals surface area contributed by atoms with Crippen LogP contribution in [0.15, 0.2) is 0 Å². The summed E-state index contributed by atoms with van der Waals surface area (Å²) in [6.45, 7) is 4.55. The Hall–Kier alpha value is 0.150. The quantitative estimate of drug-likeness (QED) is 0.266. The third-order valence-electron chi connectivity index (χ3n) is 1.41. The van der Waals surface area contributed by atoms with Gasteiger partial charge in [0.05, 0.1) is 19.8 Å². The molecule has 0 radical (unpaired) electrons. The maximum atomic E-state index is 8.57. The largest absolute Gasteiger partial charge is 0.394 e. The second-order valence-corrected chi connectivity index (χ2v) is 3.98. The van der Waals surface area contributed by atoms with E-state index < -0.39 is 5.79 Å². The van der Waals surface area contributed by atoms with Gasteiger partial charge >= 0.3 is 0 Å². The molecule has 0 amide bonds. The van der Waals surface area contributed by atoms with Crippen molar-refractivity contribution in [3.05, 3.63) is 0 Å². The average molecular weight is 240 g/mol. The molecule has 0 heterocycles. The summed E-state index contributed by atoms with van der Waals surface area (Å²) in [7, 11) is 0. The predicted octanol–water partition coefficient (Wildman–Crippen LogP) is 1.02. The minimum atomic E-state index is -0.703. The Morgan fingerprint density at radius 2 is 1.73 bits per heavy atom. The van der Waals surface area contributed by atoms with Crippen LogP contribution in [0, 0.1) is 0 Å². The Labute approximate surface area is 95.0 Å². The van der Waals surface area contributed by atoms with Gasteiger partial charge in [-0.25, -0.2) is 9.78 Å².